The normalized spacial score (nSPS) is 12.4. The van der Waals surface area contributed by atoms with Gasteiger partial charge in [-0.3, -0.25) is 4.79 Å². The van der Waals surface area contributed by atoms with Crippen molar-refractivity contribution in [3.63, 3.8) is 0 Å². The van der Waals surface area contributed by atoms with Gasteiger partial charge in [-0.2, -0.15) is 0 Å². The minimum atomic E-state index is -0.771. The number of hydrogen-bond acceptors (Lipinski definition) is 5. The largest absolute Gasteiger partial charge is 0.504 e. The van der Waals surface area contributed by atoms with Crippen LogP contribution in [0.25, 0.3) is 0 Å². The van der Waals surface area contributed by atoms with Crippen LogP contribution in [0.5, 0.6) is 11.5 Å². The van der Waals surface area contributed by atoms with Crippen LogP contribution in [0.2, 0.25) is 0 Å². The highest BCUT2D eigenvalue weighted by Crippen LogP contribution is 2.25. The highest BCUT2D eigenvalue weighted by atomic mass is 16.5. The van der Waals surface area contributed by atoms with Gasteiger partial charge < -0.3 is 20.7 Å². The highest BCUT2D eigenvalue weighted by Gasteiger charge is 2.16. The van der Waals surface area contributed by atoms with Gasteiger partial charge in [0.2, 0.25) is 0 Å². The Bertz CT molecular complexity index is 417. The van der Waals surface area contributed by atoms with Crippen molar-refractivity contribution in [1.82, 2.24) is 0 Å². The van der Waals surface area contributed by atoms with Crippen molar-refractivity contribution in [1.29, 1.82) is 0 Å². The van der Waals surface area contributed by atoms with Crippen molar-refractivity contribution in [3.05, 3.63) is 23.8 Å². The summed E-state index contributed by atoms with van der Waals surface area (Å²) < 4.78 is 5.02. The summed E-state index contributed by atoms with van der Waals surface area (Å²) in [6.07, 6.45) is 0.255. The average Bonchev–Trinajstić information content (AvgIpc) is 2.30. The summed E-state index contributed by atoms with van der Waals surface area (Å²) in [5, 5.41) is 18.5. The van der Waals surface area contributed by atoms with Crippen molar-refractivity contribution in [3.8, 4) is 11.5 Å². The van der Waals surface area contributed by atoms with Gasteiger partial charge in [0.05, 0.1) is 6.61 Å². The number of phenols is 2. The molecule has 5 nitrogen and oxygen atoms in total. The van der Waals surface area contributed by atoms with Crippen LogP contribution in [-0.2, 0) is 16.0 Å². The fourth-order valence-electron chi connectivity index (χ4n) is 1.39. The number of benzene rings is 1. The highest BCUT2D eigenvalue weighted by molar-refractivity contribution is 5.75. The average molecular weight is 253 g/mol. The first kappa shape index (κ1) is 14.3. The Hall–Kier alpha value is -1.75. The van der Waals surface area contributed by atoms with Crippen molar-refractivity contribution in [2.75, 3.05) is 6.61 Å². The molecule has 100 valence electrons. The van der Waals surface area contributed by atoms with Gasteiger partial charge in [0.15, 0.2) is 11.5 Å². The number of phenolic OH excluding ortho intramolecular Hbond substituents is 2. The van der Waals surface area contributed by atoms with Crippen molar-refractivity contribution in [2.24, 2.45) is 11.7 Å². The number of aromatic hydroxyl groups is 2. The number of carbonyl (C=O) groups is 1. The molecule has 1 rings (SSSR count). The Balaban J connectivity index is 2.55. The van der Waals surface area contributed by atoms with Gasteiger partial charge in [0.1, 0.15) is 6.04 Å². The van der Waals surface area contributed by atoms with Crippen LogP contribution in [-0.4, -0.2) is 28.8 Å². The summed E-state index contributed by atoms with van der Waals surface area (Å²) in [5.41, 5.74) is 6.37. The second-order valence-corrected chi connectivity index (χ2v) is 4.66. The van der Waals surface area contributed by atoms with Gasteiger partial charge in [0.25, 0.3) is 0 Å². The first-order valence-corrected chi connectivity index (χ1v) is 5.83. The minimum absolute atomic E-state index is 0.199. The molecule has 1 atom stereocenters. The lowest BCUT2D eigenvalue weighted by Gasteiger charge is -2.13. The summed E-state index contributed by atoms with van der Waals surface area (Å²) in [4.78, 5) is 11.5. The molecule has 0 fully saturated rings. The van der Waals surface area contributed by atoms with E-state index in [1.807, 2.05) is 13.8 Å². The number of esters is 1. The molecule has 0 amide bonds. The summed E-state index contributed by atoms with van der Waals surface area (Å²) in [6.45, 7) is 4.22. The van der Waals surface area contributed by atoms with Crippen LogP contribution >= 0.6 is 0 Å². The topological polar surface area (TPSA) is 92.8 Å². The molecule has 0 saturated heterocycles. The number of nitrogens with two attached hydrogens (primary N) is 1. The van der Waals surface area contributed by atoms with Crippen LogP contribution in [0, 0.1) is 5.92 Å². The molecule has 0 heterocycles. The first-order valence-electron chi connectivity index (χ1n) is 5.83. The van der Waals surface area contributed by atoms with Crippen LogP contribution in [0.1, 0.15) is 19.4 Å². The summed E-state index contributed by atoms with van der Waals surface area (Å²) in [5.74, 6) is -0.625. The van der Waals surface area contributed by atoms with Gasteiger partial charge >= 0.3 is 5.97 Å². The molecular formula is C13H19NO4. The quantitative estimate of drug-likeness (QED) is 0.541. The zero-order chi connectivity index (χ0) is 13.7. The smallest absolute Gasteiger partial charge is 0.323 e. The third kappa shape index (κ3) is 4.25. The Labute approximate surface area is 106 Å². The fraction of sp³-hybridized carbons (Fsp3) is 0.462. The van der Waals surface area contributed by atoms with Gasteiger partial charge in [-0.1, -0.05) is 19.9 Å². The molecule has 0 aromatic heterocycles. The molecule has 1 aromatic carbocycles. The van der Waals surface area contributed by atoms with Crippen molar-refractivity contribution in [2.45, 2.75) is 26.3 Å². The Kier molecular flexibility index (Phi) is 4.97. The maximum atomic E-state index is 11.5. The Morgan fingerprint density at radius 3 is 2.56 bits per heavy atom. The third-order valence-electron chi connectivity index (χ3n) is 2.36. The van der Waals surface area contributed by atoms with Crippen LogP contribution in [0.3, 0.4) is 0 Å². The molecule has 0 saturated carbocycles. The Morgan fingerprint density at radius 2 is 2.00 bits per heavy atom. The molecule has 0 aliphatic rings. The minimum Gasteiger partial charge on any atom is -0.504 e. The molecule has 4 N–H and O–H groups in total. The van der Waals surface area contributed by atoms with Gasteiger partial charge in [0, 0.05) is 0 Å². The van der Waals surface area contributed by atoms with E-state index in [1.165, 1.54) is 12.1 Å². The summed E-state index contributed by atoms with van der Waals surface area (Å²) in [6, 6.07) is 3.57. The molecule has 0 spiro atoms. The van der Waals surface area contributed by atoms with E-state index in [4.69, 9.17) is 15.6 Å². The lowest BCUT2D eigenvalue weighted by molar-refractivity contribution is -0.146. The van der Waals surface area contributed by atoms with E-state index in [2.05, 4.69) is 0 Å². The standard InChI is InChI=1S/C13H19NO4/c1-8(2)7-18-13(17)10(14)5-9-3-4-11(15)12(16)6-9/h3-4,6,8,10,15-16H,5,7,14H2,1-2H3/t10-/m0/s1. The third-order valence-corrected chi connectivity index (χ3v) is 2.36. The van der Waals surface area contributed by atoms with E-state index >= 15 is 0 Å². The van der Waals surface area contributed by atoms with Crippen molar-refractivity contribution < 1.29 is 19.7 Å². The SMILES string of the molecule is CC(C)COC(=O)[C@@H](N)Cc1ccc(O)c(O)c1. The van der Waals surface area contributed by atoms with Gasteiger partial charge in [-0.15, -0.1) is 0 Å². The lowest BCUT2D eigenvalue weighted by Crippen LogP contribution is -2.35. The summed E-state index contributed by atoms with van der Waals surface area (Å²) in [7, 11) is 0. The molecule has 1 aromatic rings. The first-order chi connectivity index (χ1) is 8.40. The number of ether oxygens (including phenoxy) is 1. The molecule has 0 aliphatic heterocycles. The van der Waals surface area contributed by atoms with Gasteiger partial charge in [-0.05, 0) is 30.0 Å². The van der Waals surface area contributed by atoms with Crippen LogP contribution in [0.4, 0.5) is 0 Å². The fourth-order valence-corrected chi connectivity index (χ4v) is 1.39. The molecule has 0 unspecified atom stereocenters. The number of carbonyl (C=O) groups excluding carboxylic acids is 1. The van der Waals surface area contributed by atoms with Crippen molar-refractivity contribution >= 4 is 5.97 Å². The van der Waals surface area contributed by atoms with E-state index in [0.717, 1.165) is 0 Å². The second kappa shape index (κ2) is 6.26. The van der Waals surface area contributed by atoms with E-state index in [9.17, 15) is 9.90 Å². The maximum absolute atomic E-state index is 11.5. The van der Waals surface area contributed by atoms with E-state index in [-0.39, 0.29) is 23.8 Å². The molecule has 5 heteroatoms. The molecule has 0 bridgehead atoms. The maximum Gasteiger partial charge on any atom is 0.323 e. The second-order valence-electron chi connectivity index (χ2n) is 4.66. The lowest BCUT2D eigenvalue weighted by atomic mass is 10.1. The molecular weight excluding hydrogens is 234 g/mol. The summed E-state index contributed by atoms with van der Waals surface area (Å²) >= 11 is 0. The predicted molar refractivity (Wildman–Crippen MR) is 67.2 cm³/mol. The molecule has 0 radical (unpaired) electrons. The van der Waals surface area contributed by atoms with E-state index < -0.39 is 12.0 Å². The van der Waals surface area contributed by atoms with E-state index in [1.54, 1.807) is 6.07 Å². The monoisotopic (exact) mass is 253 g/mol. The molecule has 0 aliphatic carbocycles. The van der Waals surface area contributed by atoms with Crippen LogP contribution in [0.15, 0.2) is 18.2 Å². The van der Waals surface area contributed by atoms with Crippen LogP contribution < -0.4 is 5.73 Å². The Morgan fingerprint density at radius 1 is 1.33 bits per heavy atom. The zero-order valence-corrected chi connectivity index (χ0v) is 10.6. The zero-order valence-electron chi connectivity index (χ0n) is 10.6. The molecule has 18 heavy (non-hydrogen) atoms. The number of rotatable bonds is 5. The predicted octanol–water partition coefficient (Wildman–Crippen LogP) is 1.17. The van der Waals surface area contributed by atoms with E-state index in [0.29, 0.717) is 12.2 Å². The number of hydrogen-bond donors (Lipinski definition) is 3. The van der Waals surface area contributed by atoms with Gasteiger partial charge in [-0.25, -0.2) is 0 Å².